The summed E-state index contributed by atoms with van der Waals surface area (Å²) < 4.78 is 10.0. The molecule has 0 bridgehead atoms. The molecule has 12 aromatic rings. The van der Waals surface area contributed by atoms with E-state index in [-0.39, 0.29) is 30.0 Å². The highest BCUT2D eigenvalue weighted by atomic mass is 35.5. The number of carbonyl (C=O) groups excluding carboxylic acids is 3. The van der Waals surface area contributed by atoms with Crippen molar-refractivity contribution in [3.8, 4) is 79.2 Å². The highest BCUT2D eigenvalue weighted by Gasteiger charge is 2.42. The molecule has 2 aliphatic heterocycles. The maximum Gasteiger partial charge on any atom is 0.408 e. The standard InChI is InChI=1S/C42H39N7O3.C37H31N7O.ClH/c1-41(2,3)52-40(51)48-42(24-10-25-42)29-20-16-28(17-21-29)36-35(27-18-22-31(23-19-27)45-39(50)44-30-11-5-4-6-12-30)47-38-32-13-7-8-14-33(32)46-37-34(49(36)38)15-9-26-43-37;38-37(21-7-22-37)26-17-13-25(14-18-26)33-32(24-15-19-28(20-16-24)41-36(45)40-27-8-2-1-3-9-27)43-35-29-10-4-5-11-30(29)42-34-31(44(33)35)12-6-23-39-34;/h4-9,11-23,26H,10,24-25H2,1-3H3,(H,43,46)(H,48,51)(H2,44,45,50);1-6,8-20,23H,7,21-22,38H2,(H,39,42)(H2,40,41,45);1H. The van der Waals surface area contributed by atoms with Gasteiger partial charge in [-0.15, -0.1) is 12.4 Å². The van der Waals surface area contributed by atoms with E-state index in [1.807, 2.05) is 185 Å². The Balaban J connectivity index is 0.000000168. The number of benzene rings is 8. The lowest BCUT2D eigenvalue weighted by Crippen LogP contribution is -2.52. The molecule has 0 saturated heterocycles. The number of para-hydroxylation sites is 4. The molecule has 8 aromatic carbocycles. The lowest BCUT2D eigenvalue weighted by Gasteiger charge is -2.43. The molecule has 19 heteroatoms. The Morgan fingerprint density at radius 2 is 0.847 bits per heavy atom. The van der Waals surface area contributed by atoms with Gasteiger partial charge in [0.15, 0.2) is 11.6 Å². The van der Waals surface area contributed by atoms with E-state index in [4.69, 9.17) is 30.4 Å². The van der Waals surface area contributed by atoms with E-state index in [1.165, 1.54) is 0 Å². The van der Waals surface area contributed by atoms with Crippen LogP contribution < -0.4 is 43.0 Å². The van der Waals surface area contributed by atoms with Crippen molar-refractivity contribution < 1.29 is 19.1 Å². The predicted octanol–water partition coefficient (Wildman–Crippen LogP) is 18.6. The van der Waals surface area contributed by atoms with Crippen molar-refractivity contribution in [3.63, 3.8) is 0 Å². The highest BCUT2D eigenvalue weighted by molar-refractivity contribution is 6.01. The Morgan fingerprint density at radius 3 is 1.24 bits per heavy atom. The Hall–Kier alpha value is -11.9. The van der Waals surface area contributed by atoms with Gasteiger partial charge in [-0.1, -0.05) is 133 Å². The SMILES string of the molecule is CC(C)(C)OC(=O)NC1(c2ccc(-c3c(-c4ccc(NC(=O)Nc5ccccc5)cc4)nc4n3-c3cccnc3Nc3ccccc3-4)cc2)CCC1.Cl.NC1(c2ccc(-c3c(-c4ccc(NC(=O)Nc5ccccc5)cc4)nc4n3-c3cccnc3Nc3ccccc3-4)cc2)CCC1. The predicted molar refractivity (Wildman–Crippen MR) is 392 cm³/mol. The number of hydrogen-bond acceptors (Lipinski definition) is 11. The van der Waals surface area contributed by atoms with Gasteiger partial charge in [-0.25, -0.2) is 34.3 Å². The van der Waals surface area contributed by atoms with E-state index < -0.39 is 17.2 Å². The first-order valence-corrected chi connectivity index (χ1v) is 32.6. The van der Waals surface area contributed by atoms with Crippen LogP contribution in [0.2, 0.25) is 0 Å². The van der Waals surface area contributed by atoms with Crippen LogP contribution in [0.3, 0.4) is 0 Å². The zero-order chi connectivity index (χ0) is 66.3. The molecular formula is C79H71ClN14O4. The maximum absolute atomic E-state index is 12.9. The number of alkyl carbamates (subject to hydrolysis) is 1. The van der Waals surface area contributed by atoms with Crippen molar-refractivity contribution >= 4 is 76.3 Å². The third kappa shape index (κ3) is 12.7. The van der Waals surface area contributed by atoms with Crippen LogP contribution in [0.15, 0.2) is 243 Å². The summed E-state index contributed by atoms with van der Waals surface area (Å²) >= 11 is 0. The second-order valence-corrected chi connectivity index (χ2v) is 25.8. The fraction of sp³-hybridized carbons (Fsp3) is 0.152. The van der Waals surface area contributed by atoms with E-state index in [0.717, 1.165) is 158 Å². The van der Waals surface area contributed by atoms with Gasteiger partial charge in [0, 0.05) is 74.1 Å². The Morgan fingerprint density at radius 1 is 0.459 bits per heavy atom. The van der Waals surface area contributed by atoms with Gasteiger partial charge in [-0.2, -0.15) is 0 Å². The number of amides is 5. The zero-order valence-electron chi connectivity index (χ0n) is 54.1. The van der Waals surface area contributed by atoms with Crippen molar-refractivity contribution in [3.05, 3.63) is 254 Å². The monoisotopic (exact) mass is 1310 g/mol. The zero-order valence-corrected chi connectivity index (χ0v) is 55.0. The summed E-state index contributed by atoms with van der Waals surface area (Å²) in [5.74, 6) is 3.06. The van der Waals surface area contributed by atoms with Crippen LogP contribution >= 0.6 is 12.4 Å². The molecule has 0 radical (unpaired) electrons. The first kappa shape index (κ1) is 63.5. The molecule has 0 spiro atoms. The quantitative estimate of drug-likeness (QED) is 0.0607. The van der Waals surface area contributed by atoms with Crippen LogP contribution in [0.25, 0.3) is 79.2 Å². The summed E-state index contributed by atoms with van der Waals surface area (Å²) in [4.78, 5) is 58.3. The van der Waals surface area contributed by atoms with Gasteiger partial charge in [0.05, 0.1) is 51.1 Å². The molecule has 0 unspecified atom stereocenters. The third-order valence-corrected chi connectivity index (χ3v) is 18.2. The number of imidazole rings is 2. The number of halogens is 1. The fourth-order valence-corrected chi connectivity index (χ4v) is 13.1. The van der Waals surface area contributed by atoms with Crippen LogP contribution in [-0.2, 0) is 15.8 Å². The number of rotatable bonds is 11. The van der Waals surface area contributed by atoms with Crippen LogP contribution in [0.4, 0.5) is 60.1 Å². The number of carbonyl (C=O) groups is 3. The molecule has 2 fully saturated rings. The minimum absolute atomic E-state index is 0. The molecule has 9 N–H and O–H groups in total. The number of urea groups is 2. The number of hydrogen-bond donors (Lipinski definition) is 8. The van der Waals surface area contributed by atoms with Crippen molar-refractivity contribution in [2.75, 3.05) is 31.9 Å². The fourth-order valence-electron chi connectivity index (χ4n) is 13.1. The van der Waals surface area contributed by atoms with Gasteiger partial charge >= 0.3 is 18.2 Å². The molecule has 6 heterocycles. The van der Waals surface area contributed by atoms with Gasteiger partial charge in [0.2, 0.25) is 0 Å². The summed E-state index contributed by atoms with van der Waals surface area (Å²) in [5, 5.41) is 21.8. The third-order valence-electron chi connectivity index (χ3n) is 18.2. The second kappa shape index (κ2) is 26.4. The first-order valence-electron chi connectivity index (χ1n) is 32.6. The molecule has 4 aromatic heterocycles. The van der Waals surface area contributed by atoms with E-state index in [1.54, 1.807) is 12.4 Å². The lowest BCUT2D eigenvalue weighted by atomic mass is 9.71. The average Bonchev–Trinajstić information content (AvgIpc) is 1.57. The maximum atomic E-state index is 12.9. The number of anilines is 8. The minimum Gasteiger partial charge on any atom is -0.444 e. The normalized spacial score (nSPS) is 13.8. The molecule has 2 aliphatic carbocycles. The number of nitrogens with two attached hydrogens (primary N) is 1. The summed E-state index contributed by atoms with van der Waals surface area (Å²) in [6.45, 7) is 5.61. The summed E-state index contributed by atoms with van der Waals surface area (Å²) in [6.07, 6.45) is 9.03. The number of ether oxygens (including phenoxy) is 1. The second-order valence-electron chi connectivity index (χ2n) is 25.8. The number of nitrogens with one attached hydrogen (secondary N) is 7. The number of nitrogens with zero attached hydrogens (tertiary/aromatic N) is 6. The molecule has 5 amide bonds. The molecule has 98 heavy (non-hydrogen) atoms. The smallest absolute Gasteiger partial charge is 0.408 e. The molecule has 16 rings (SSSR count). The lowest BCUT2D eigenvalue weighted by molar-refractivity contribution is 0.0377. The Bertz CT molecular complexity index is 4930. The van der Waals surface area contributed by atoms with Crippen LogP contribution in [0, 0.1) is 0 Å². The van der Waals surface area contributed by atoms with Gasteiger partial charge in [-0.3, -0.25) is 9.13 Å². The molecule has 488 valence electrons. The van der Waals surface area contributed by atoms with Gasteiger partial charge < -0.3 is 47.7 Å². The summed E-state index contributed by atoms with van der Waals surface area (Å²) in [6, 6.07) is 74.8. The van der Waals surface area contributed by atoms with Crippen molar-refractivity contribution in [2.24, 2.45) is 5.73 Å². The van der Waals surface area contributed by atoms with Crippen LogP contribution in [0.5, 0.6) is 0 Å². The van der Waals surface area contributed by atoms with Gasteiger partial charge in [-0.05, 0) is 167 Å². The molecule has 4 aliphatic rings. The number of fused-ring (bicyclic) bond motifs is 10. The van der Waals surface area contributed by atoms with E-state index in [0.29, 0.717) is 17.1 Å². The summed E-state index contributed by atoms with van der Waals surface area (Å²) in [5.41, 5.74) is 23.1. The largest absolute Gasteiger partial charge is 0.444 e. The first-order chi connectivity index (χ1) is 47.2. The van der Waals surface area contributed by atoms with Crippen LogP contribution in [0.1, 0.15) is 70.4 Å². The summed E-state index contributed by atoms with van der Waals surface area (Å²) in [7, 11) is 0. The molecular weight excluding hydrogens is 1240 g/mol. The van der Waals surface area contributed by atoms with Crippen molar-refractivity contribution in [1.29, 1.82) is 0 Å². The molecule has 0 atom stereocenters. The van der Waals surface area contributed by atoms with E-state index in [2.05, 4.69) is 113 Å². The van der Waals surface area contributed by atoms with E-state index >= 15 is 0 Å². The van der Waals surface area contributed by atoms with Crippen molar-refractivity contribution in [1.82, 2.24) is 34.4 Å². The van der Waals surface area contributed by atoms with Crippen LogP contribution in [-0.4, -0.2) is 52.8 Å². The highest BCUT2D eigenvalue weighted by Crippen LogP contribution is 2.49. The Labute approximate surface area is 573 Å². The minimum atomic E-state index is -0.587. The average molecular weight is 1320 g/mol. The van der Waals surface area contributed by atoms with E-state index in [9.17, 15) is 14.4 Å². The molecule has 2 saturated carbocycles. The molecule has 18 nitrogen and oxygen atoms in total. The van der Waals surface area contributed by atoms with Gasteiger partial charge in [0.1, 0.15) is 17.2 Å². The number of aromatic nitrogens is 6. The van der Waals surface area contributed by atoms with Crippen molar-refractivity contribution in [2.45, 2.75) is 76.0 Å². The topological polar surface area (TPSA) is 232 Å². The Kier molecular flexibility index (Phi) is 17.1. The number of pyridine rings is 2. The van der Waals surface area contributed by atoms with Gasteiger partial charge in [0.25, 0.3) is 0 Å².